The van der Waals surface area contributed by atoms with Gasteiger partial charge in [0, 0.05) is 48.2 Å². The van der Waals surface area contributed by atoms with Crippen molar-refractivity contribution in [2.75, 3.05) is 55.5 Å². The number of aromatic nitrogens is 2. The number of anilines is 5. The average molecular weight is 680 g/mol. The normalized spacial score (nSPS) is 10.7. The van der Waals surface area contributed by atoms with E-state index in [2.05, 4.69) is 36.6 Å². The largest absolute Gasteiger partial charge is 0.508 e. The lowest BCUT2D eigenvalue weighted by atomic mass is 10.1. The summed E-state index contributed by atoms with van der Waals surface area (Å²) in [7, 11) is 0. The number of hydrogen-bond acceptors (Lipinski definition) is 10. The zero-order valence-corrected chi connectivity index (χ0v) is 27.2. The van der Waals surface area contributed by atoms with Gasteiger partial charge in [-0.1, -0.05) is 30.3 Å². The van der Waals surface area contributed by atoms with Gasteiger partial charge in [-0.05, 0) is 78.4 Å². The molecule has 0 radical (unpaired) electrons. The highest BCUT2D eigenvalue weighted by atomic mass is 19.1. The number of rotatable bonds is 18. The Labute approximate surface area is 289 Å². The predicted octanol–water partition coefficient (Wildman–Crippen LogP) is 5.61. The number of hydrogen-bond donors (Lipinski definition) is 6. The molecule has 2 amide bonds. The van der Waals surface area contributed by atoms with Crippen LogP contribution in [0.2, 0.25) is 0 Å². The van der Waals surface area contributed by atoms with Crippen LogP contribution >= 0.6 is 0 Å². The Morgan fingerprint density at radius 3 is 2.02 bits per heavy atom. The van der Waals surface area contributed by atoms with E-state index in [4.69, 9.17) is 9.47 Å². The number of phenolic OH excluding ortho intramolecular Hbond substituents is 1. The van der Waals surface area contributed by atoms with Crippen molar-refractivity contribution in [2.24, 2.45) is 0 Å². The van der Waals surface area contributed by atoms with Crippen molar-refractivity contribution in [1.82, 2.24) is 20.6 Å². The highest BCUT2D eigenvalue weighted by molar-refractivity contribution is 5.94. The summed E-state index contributed by atoms with van der Waals surface area (Å²) in [5.41, 5.74) is 3.10. The van der Waals surface area contributed by atoms with E-state index < -0.39 is 0 Å². The Hall–Kier alpha value is -6.05. The zero-order valence-electron chi connectivity index (χ0n) is 27.2. The van der Waals surface area contributed by atoms with Crippen molar-refractivity contribution < 1.29 is 28.6 Å². The number of nitrogens with one attached hydrogen (secondary N) is 5. The molecular formula is C37H38FN7O5. The van der Waals surface area contributed by atoms with Gasteiger partial charge >= 0.3 is 0 Å². The van der Waals surface area contributed by atoms with Gasteiger partial charge in [0.2, 0.25) is 5.95 Å². The van der Waals surface area contributed by atoms with Crippen LogP contribution in [-0.4, -0.2) is 66.4 Å². The molecule has 0 aliphatic heterocycles. The molecule has 12 nitrogen and oxygen atoms in total. The number of halogens is 1. The molecule has 0 atom stereocenters. The van der Waals surface area contributed by atoms with Crippen molar-refractivity contribution in [3.8, 4) is 5.75 Å². The third-order valence-electron chi connectivity index (χ3n) is 7.10. The molecule has 5 rings (SSSR count). The van der Waals surface area contributed by atoms with Crippen LogP contribution in [0, 0.1) is 5.82 Å². The molecular weight excluding hydrogens is 641 g/mol. The highest BCUT2D eigenvalue weighted by Crippen LogP contribution is 2.23. The van der Waals surface area contributed by atoms with Crippen molar-refractivity contribution in [2.45, 2.75) is 6.54 Å². The van der Waals surface area contributed by atoms with Gasteiger partial charge in [0.1, 0.15) is 23.2 Å². The summed E-state index contributed by atoms with van der Waals surface area (Å²) in [6, 6.07) is 30.2. The first-order chi connectivity index (χ1) is 24.4. The Bertz CT molecular complexity index is 1830. The Morgan fingerprint density at radius 1 is 0.640 bits per heavy atom. The van der Waals surface area contributed by atoms with E-state index in [0.717, 1.165) is 0 Å². The van der Waals surface area contributed by atoms with Crippen LogP contribution in [0.3, 0.4) is 0 Å². The van der Waals surface area contributed by atoms with Gasteiger partial charge in [0.15, 0.2) is 0 Å². The molecule has 1 aromatic heterocycles. The van der Waals surface area contributed by atoms with Crippen molar-refractivity contribution in [3.05, 3.63) is 132 Å². The second-order valence-electron chi connectivity index (χ2n) is 10.9. The third-order valence-corrected chi connectivity index (χ3v) is 7.10. The van der Waals surface area contributed by atoms with Gasteiger partial charge in [0.05, 0.1) is 26.4 Å². The number of benzene rings is 4. The fraction of sp³-hybridized carbons (Fsp3) is 0.189. The summed E-state index contributed by atoms with van der Waals surface area (Å²) in [4.78, 5) is 33.8. The van der Waals surface area contributed by atoms with E-state index in [-0.39, 0.29) is 29.9 Å². The number of carbonyl (C=O) groups is 2. The first kappa shape index (κ1) is 35.3. The second kappa shape index (κ2) is 18.5. The van der Waals surface area contributed by atoms with Crippen LogP contribution < -0.4 is 26.6 Å². The van der Waals surface area contributed by atoms with E-state index >= 15 is 0 Å². The number of nitrogens with zero attached hydrogens (tertiary/aromatic N) is 2. The average Bonchev–Trinajstić information content (AvgIpc) is 3.13. The predicted molar refractivity (Wildman–Crippen MR) is 190 cm³/mol. The fourth-order valence-electron chi connectivity index (χ4n) is 4.62. The lowest BCUT2D eigenvalue weighted by Gasteiger charge is -2.13. The number of ether oxygens (including phenoxy) is 2. The van der Waals surface area contributed by atoms with Gasteiger partial charge < -0.3 is 41.2 Å². The minimum atomic E-state index is -0.355. The van der Waals surface area contributed by atoms with E-state index in [1.54, 1.807) is 78.9 Å². The number of carbonyl (C=O) groups excluding carboxylic acids is 2. The van der Waals surface area contributed by atoms with E-state index in [9.17, 15) is 19.1 Å². The summed E-state index contributed by atoms with van der Waals surface area (Å²) in [6.07, 6.45) is 0. The molecule has 0 spiro atoms. The highest BCUT2D eigenvalue weighted by Gasteiger charge is 2.09. The monoisotopic (exact) mass is 679 g/mol. The molecule has 0 aliphatic rings. The van der Waals surface area contributed by atoms with Crippen molar-refractivity contribution >= 4 is 40.8 Å². The lowest BCUT2D eigenvalue weighted by Crippen LogP contribution is -2.27. The quantitative estimate of drug-likeness (QED) is 0.0508. The van der Waals surface area contributed by atoms with Crippen LogP contribution in [0.5, 0.6) is 5.75 Å². The number of aromatic hydroxyl groups is 1. The Morgan fingerprint density at radius 2 is 1.28 bits per heavy atom. The molecule has 0 unspecified atom stereocenters. The summed E-state index contributed by atoms with van der Waals surface area (Å²) >= 11 is 0. The van der Waals surface area contributed by atoms with Gasteiger partial charge in [0.25, 0.3) is 11.8 Å². The first-order valence-corrected chi connectivity index (χ1v) is 16.0. The Balaban J connectivity index is 1.09. The van der Waals surface area contributed by atoms with Gasteiger partial charge in [-0.25, -0.2) is 4.39 Å². The van der Waals surface area contributed by atoms with Crippen LogP contribution in [0.4, 0.5) is 33.3 Å². The maximum absolute atomic E-state index is 13.5. The molecule has 6 N–H and O–H groups in total. The summed E-state index contributed by atoms with van der Waals surface area (Å²) in [5, 5.41) is 24.9. The van der Waals surface area contributed by atoms with Crippen molar-refractivity contribution in [3.63, 3.8) is 0 Å². The zero-order chi connectivity index (χ0) is 35.0. The molecule has 0 bridgehead atoms. The molecule has 0 saturated carbocycles. The molecule has 0 fully saturated rings. The maximum atomic E-state index is 13.5. The molecule has 258 valence electrons. The standard InChI is InChI=1S/C37H38FN7O5/c38-29-8-4-5-26(23-29)25-41-36(48)28-9-11-30(12-10-28)42-34-24-33(44-37(45-34)43-31-13-15-32(46)16-14-31)39-17-19-49-21-22-50-20-18-40-35(47)27-6-2-1-3-7-27/h1-16,23-24,46H,17-22,25H2,(H,40,47)(H,41,48)(H3,39,42,43,44,45). The third kappa shape index (κ3) is 11.6. The second-order valence-corrected chi connectivity index (χ2v) is 10.9. The summed E-state index contributed by atoms with van der Waals surface area (Å²) in [6.45, 7) is 2.61. The van der Waals surface area contributed by atoms with Crippen LogP contribution in [-0.2, 0) is 16.0 Å². The molecule has 1 heterocycles. The molecule has 5 aromatic rings. The Kier molecular flexibility index (Phi) is 13.0. The molecule has 0 aliphatic carbocycles. The maximum Gasteiger partial charge on any atom is 0.251 e. The molecule has 4 aromatic carbocycles. The SMILES string of the molecule is O=C(NCCOCCOCCNc1cc(Nc2ccc(C(=O)NCc3cccc(F)c3)cc2)nc(Nc2ccc(O)cc2)n1)c1ccccc1. The van der Waals surface area contributed by atoms with E-state index in [1.165, 1.54) is 12.1 Å². The van der Waals surface area contributed by atoms with Crippen LogP contribution in [0.1, 0.15) is 26.3 Å². The first-order valence-electron chi connectivity index (χ1n) is 16.0. The van der Waals surface area contributed by atoms with Crippen molar-refractivity contribution in [1.29, 1.82) is 0 Å². The number of amides is 2. The fourth-order valence-corrected chi connectivity index (χ4v) is 4.62. The lowest BCUT2D eigenvalue weighted by molar-refractivity contribution is 0.0519. The van der Waals surface area contributed by atoms with Gasteiger partial charge in [-0.15, -0.1) is 0 Å². The molecule has 13 heteroatoms. The van der Waals surface area contributed by atoms with Crippen LogP contribution in [0.25, 0.3) is 0 Å². The van der Waals surface area contributed by atoms with E-state index in [1.807, 2.05) is 18.2 Å². The summed E-state index contributed by atoms with van der Waals surface area (Å²) in [5.74, 6) is 0.693. The van der Waals surface area contributed by atoms with Crippen LogP contribution in [0.15, 0.2) is 109 Å². The van der Waals surface area contributed by atoms with Gasteiger partial charge in [-0.2, -0.15) is 9.97 Å². The number of phenols is 1. The van der Waals surface area contributed by atoms with Gasteiger partial charge in [-0.3, -0.25) is 9.59 Å². The molecule has 50 heavy (non-hydrogen) atoms. The molecule has 0 saturated heterocycles. The minimum Gasteiger partial charge on any atom is -0.508 e. The topological polar surface area (TPSA) is 159 Å². The minimum absolute atomic E-state index is 0.139. The van der Waals surface area contributed by atoms with E-state index in [0.29, 0.717) is 85.2 Å². The summed E-state index contributed by atoms with van der Waals surface area (Å²) < 4.78 is 24.7. The smallest absolute Gasteiger partial charge is 0.251 e.